The molecule has 39 heavy (non-hydrogen) atoms. The van der Waals surface area contributed by atoms with Crippen LogP contribution in [0.1, 0.15) is 106 Å². The Hall–Kier alpha value is -2.86. The average molecular weight is 523 g/mol. The van der Waals surface area contributed by atoms with Gasteiger partial charge in [0.25, 0.3) is 0 Å². The van der Waals surface area contributed by atoms with Crippen molar-refractivity contribution in [2.24, 2.45) is 5.92 Å². The Morgan fingerprint density at radius 1 is 0.615 bits per heavy atom. The summed E-state index contributed by atoms with van der Waals surface area (Å²) in [5.41, 5.74) is 11.4. The van der Waals surface area contributed by atoms with Crippen molar-refractivity contribution in [2.45, 2.75) is 106 Å². The van der Waals surface area contributed by atoms with E-state index in [1.165, 1.54) is 78.3 Å². The van der Waals surface area contributed by atoms with Gasteiger partial charge in [0.15, 0.2) is 0 Å². The van der Waals surface area contributed by atoms with E-state index in [1.807, 2.05) is 32.0 Å². The first-order valence-corrected chi connectivity index (χ1v) is 15.5. The molecular formula is C39H54. The fourth-order valence-electron chi connectivity index (χ4n) is 4.57. The van der Waals surface area contributed by atoms with Crippen LogP contribution in [0.4, 0.5) is 0 Å². The molecular weight excluding hydrogens is 468 g/mol. The van der Waals surface area contributed by atoms with Crippen molar-refractivity contribution in [1.29, 1.82) is 0 Å². The van der Waals surface area contributed by atoms with Gasteiger partial charge in [-0.25, -0.2) is 0 Å². The Labute approximate surface area is 241 Å². The molecule has 3 aliphatic rings. The van der Waals surface area contributed by atoms with E-state index >= 15 is 0 Å². The van der Waals surface area contributed by atoms with E-state index < -0.39 is 0 Å². The van der Waals surface area contributed by atoms with Gasteiger partial charge >= 0.3 is 0 Å². The summed E-state index contributed by atoms with van der Waals surface area (Å²) < 4.78 is 0. The summed E-state index contributed by atoms with van der Waals surface area (Å²) in [4.78, 5) is 0. The van der Waals surface area contributed by atoms with Gasteiger partial charge < -0.3 is 0 Å². The van der Waals surface area contributed by atoms with Gasteiger partial charge in [0.2, 0.25) is 0 Å². The summed E-state index contributed by atoms with van der Waals surface area (Å²) in [5, 5.41) is 0. The normalized spacial score (nSPS) is 15.0. The van der Waals surface area contributed by atoms with Crippen molar-refractivity contribution in [2.75, 3.05) is 0 Å². The highest BCUT2D eigenvalue weighted by Crippen LogP contribution is 2.45. The van der Waals surface area contributed by atoms with E-state index in [9.17, 15) is 0 Å². The Morgan fingerprint density at radius 3 is 1.67 bits per heavy atom. The third-order valence-corrected chi connectivity index (χ3v) is 6.92. The van der Waals surface area contributed by atoms with Crippen LogP contribution in [-0.4, -0.2) is 0 Å². The molecule has 2 fully saturated rings. The van der Waals surface area contributed by atoms with Gasteiger partial charge in [0.1, 0.15) is 0 Å². The Kier molecular flexibility index (Phi) is 14.7. The molecule has 0 heteroatoms. The molecule has 3 aromatic rings. The smallest absolute Gasteiger partial charge is 0.0144 e. The molecule has 3 aliphatic carbocycles. The minimum absolute atomic E-state index is 0.806. The molecule has 210 valence electrons. The molecule has 0 spiro atoms. The summed E-state index contributed by atoms with van der Waals surface area (Å²) in [6.07, 6.45) is 16.4. The van der Waals surface area contributed by atoms with Crippen LogP contribution in [0, 0.1) is 33.6 Å². The Morgan fingerprint density at radius 2 is 1.18 bits per heavy atom. The molecule has 0 heterocycles. The molecule has 2 saturated carbocycles. The Balaban J connectivity index is 0.000000212. The zero-order valence-corrected chi connectivity index (χ0v) is 26.2. The summed E-state index contributed by atoms with van der Waals surface area (Å²) >= 11 is 0. The van der Waals surface area contributed by atoms with Gasteiger partial charge in [-0.3, -0.25) is 0 Å². The first-order chi connectivity index (χ1) is 18.9. The molecule has 0 saturated heterocycles. The van der Waals surface area contributed by atoms with Gasteiger partial charge in [-0.2, -0.15) is 0 Å². The average Bonchev–Trinajstić information content (AvgIpc) is 3.87. The van der Waals surface area contributed by atoms with Crippen molar-refractivity contribution in [3.05, 3.63) is 118 Å². The number of hydrogen-bond acceptors (Lipinski definition) is 0. The van der Waals surface area contributed by atoms with Gasteiger partial charge in [0, 0.05) is 0 Å². The van der Waals surface area contributed by atoms with Gasteiger partial charge in [-0.15, -0.1) is 0 Å². The summed E-state index contributed by atoms with van der Waals surface area (Å²) in [6, 6.07) is 24.0. The van der Waals surface area contributed by atoms with Gasteiger partial charge in [-0.05, 0) is 106 Å². The van der Waals surface area contributed by atoms with Crippen molar-refractivity contribution < 1.29 is 0 Å². The number of hydrogen-bond donors (Lipinski definition) is 0. The van der Waals surface area contributed by atoms with Gasteiger partial charge in [-0.1, -0.05) is 136 Å². The van der Waals surface area contributed by atoms with Crippen molar-refractivity contribution in [3.63, 3.8) is 0 Å². The standard InChI is InChI=1S/C18H20.C9H12.C7H8.C3H8.C2H6/c1-12-4-6-14(3)17(10-12)18-11-13(2)5-9-16(18)15-7-8-15;1-2-4-8(5-3-1)9-6-7-9;1-7-5-3-2-4-6-7;1-3-2;1-2/h4-6,9-11,15H,7-8H2,1-3H3;2,4-5,9H,1,3,6-7H2;2-6H,1H3;3H2,1-2H3;1-2H3. The quantitative estimate of drug-likeness (QED) is 0.321. The highest BCUT2D eigenvalue weighted by Gasteiger charge is 2.26. The molecule has 0 nitrogen and oxygen atoms in total. The summed E-state index contributed by atoms with van der Waals surface area (Å²) in [7, 11) is 0. The van der Waals surface area contributed by atoms with Crippen molar-refractivity contribution >= 4 is 0 Å². The van der Waals surface area contributed by atoms with Crippen molar-refractivity contribution in [1.82, 2.24) is 0 Å². The van der Waals surface area contributed by atoms with Crippen LogP contribution >= 0.6 is 0 Å². The lowest BCUT2D eigenvalue weighted by molar-refractivity contribution is 0.950. The Bertz CT molecular complexity index is 1150. The summed E-state index contributed by atoms with van der Waals surface area (Å²) in [6.45, 7) is 16.9. The van der Waals surface area contributed by atoms with Crippen molar-refractivity contribution in [3.8, 4) is 11.1 Å². The molecule has 0 radical (unpaired) electrons. The van der Waals surface area contributed by atoms with Crippen LogP contribution in [0.3, 0.4) is 0 Å². The highest BCUT2D eigenvalue weighted by molar-refractivity contribution is 5.73. The molecule has 0 aromatic heterocycles. The monoisotopic (exact) mass is 522 g/mol. The lowest BCUT2D eigenvalue weighted by Gasteiger charge is -2.13. The first-order valence-electron chi connectivity index (χ1n) is 15.5. The lowest BCUT2D eigenvalue weighted by Crippen LogP contribution is -1.92. The second-order valence-electron chi connectivity index (χ2n) is 11.0. The first kappa shape index (κ1) is 32.4. The predicted molar refractivity (Wildman–Crippen MR) is 176 cm³/mol. The van der Waals surface area contributed by atoms with E-state index in [0.29, 0.717) is 0 Å². The fraction of sp³-hybridized carbons (Fsp3) is 0.436. The molecule has 3 aromatic carbocycles. The minimum atomic E-state index is 0.806. The van der Waals surface area contributed by atoms with Crippen LogP contribution in [0.2, 0.25) is 0 Å². The molecule has 6 rings (SSSR count). The third-order valence-electron chi connectivity index (χ3n) is 6.92. The number of benzene rings is 3. The van der Waals surface area contributed by atoms with E-state index in [-0.39, 0.29) is 0 Å². The fourth-order valence-corrected chi connectivity index (χ4v) is 4.57. The predicted octanol–water partition coefficient (Wildman–Crippen LogP) is 12.3. The maximum absolute atomic E-state index is 2.40. The van der Waals surface area contributed by atoms with E-state index in [1.54, 1.807) is 11.1 Å². The number of allylic oxidation sites excluding steroid dienone is 4. The SMILES string of the molecule is C1=CC(C2CC2)=CCC1.CC.CCC.Cc1ccc(C)c(-c2cc(C)ccc2C2CC2)c1.Cc1ccccc1. The largest absolute Gasteiger partial charge is 0.0840 e. The number of aryl methyl sites for hydroxylation is 4. The van der Waals surface area contributed by atoms with Crippen LogP contribution in [0.25, 0.3) is 11.1 Å². The molecule has 0 amide bonds. The summed E-state index contributed by atoms with van der Waals surface area (Å²) in [5.74, 6) is 1.77. The highest BCUT2D eigenvalue weighted by atomic mass is 14.3. The molecule has 0 bridgehead atoms. The lowest BCUT2D eigenvalue weighted by atomic mass is 9.91. The topological polar surface area (TPSA) is 0 Å². The molecule has 0 unspecified atom stereocenters. The minimum Gasteiger partial charge on any atom is -0.0840 e. The van der Waals surface area contributed by atoms with E-state index in [0.717, 1.165) is 11.8 Å². The van der Waals surface area contributed by atoms with Gasteiger partial charge in [0.05, 0.1) is 0 Å². The van der Waals surface area contributed by atoms with Crippen LogP contribution in [0.15, 0.2) is 90.5 Å². The second-order valence-corrected chi connectivity index (χ2v) is 11.0. The third kappa shape index (κ3) is 11.8. The van der Waals surface area contributed by atoms with E-state index in [4.69, 9.17) is 0 Å². The zero-order chi connectivity index (χ0) is 28.6. The molecule has 0 atom stereocenters. The van der Waals surface area contributed by atoms with Crippen LogP contribution < -0.4 is 0 Å². The maximum atomic E-state index is 2.40. The van der Waals surface area contributed by atoms with E-state index in [2.05, 4.69) is 108 Å². The van der Waals surface area contributed by atoms with Crippen LogP contribution in [-0.2, 0) is 0 Å². The molecule has 0 aliphatic heterocycles. The molecule has 0 N–H and O–H groups in total. The maximum Gasteiger partial charge on any atom is -0.0144 e. The zero-order valence-electron chi connectivity index (χ0n) is 26.2. The number of rotatable bonds is 3. The second kappa shape index (κ2) is 17.7. The van der Waals surface area contributed by atoms with Crippen LogP contribution in [0.5, 0.6) is 0 Å².